The molecule has 1 aromatic rings. The number of aromatic nitrogens is 1. The lowest BCUT2D eigenvalue weighted by molar-refractivity contribution is -0.868. The molecule has 6 heteroatoms. The van der Waals surface area contributed by atoms with Gasteiger partial charge in [-0.15, -0.1) is 0 Å². The van der Waals surface area contributed by atoms with E-state index in [0.29, 0.717) is 6.42 Å². The van der Waals surface area contributed by atoms with Crippen molar-refractivity contribution in [2.24, 2.45) is 11.5 Å². The van der Waals surface area contributed by atoms with Gasteiger partial charge < -0.3 is 16.0 Å². The zero-order valence-corrected chi connectivity index (χ0v) is 11.5. The van der Waals surface area contributed by atoms with E-state index in [2.05, 4.69) is 26.1 Å². The lowest BCUT2D eigenvalue weighted by Gasteiger charge is -2.22. The highest BCUT2D eigenvalue weighted by Gasteiger charge is 2.01. The first-order valence-corrected chi connectivity index (χ1v) is 5.53. The fourth-order valence-corrected chi connectivity index (χ4v) is 1.09. The van der Waals surface area contributed by atoms with E-state index in [1.807, 2.05) is 0 Å². The molecule has 0 saturated carbocycles. The maximum Gasteiger partial charge on any atom is 0.221 e. The fraction of sp³-hybridized carbons (Fsp3) is 0.500. The zero-order chi connectivity index (χ0) is 13.3. The Morgan fingerprint density at radius 1 is 1.28 bits per heavy atom. The van der Waals surface area contributed by atoms with Crippen LogP contribution in [0.3, 0.4) is 0 Å². The molecule has 0 atom stereocenters. The molecule has 3 radical (unpaired) electrons. The Kier molecular flexibility index (Phi) is 10.1. The number of nitrogens with zero attached hydrogens (tertiary/aromatic N) is 2. The summed E-state index contributed by atoms with van der Waals surface area (Å²) in [4.78, 5) is 14.2. The van der Waals surface area contributed by atoms with E-state index in [0.717, 1.165) is 23.1 Å². The van der Waals surface area contributed by atoms with Gasteiger partial charge in [0.2, 0.25) is 5.91 Å². The summed E-state index contributed by atoms with van der Waals surface area (Å²) < 4.78 is 0.969. The van der Waals surface area contributed by atoms with E-state index in [1.54, 1.807) is 24.5 Å². The molecule has 1 heterocycles. The number of likely N-dealkylation sites (N-methyl/N-ethyl adjacent to an activating group) is 1. The van der Waals surface area contributed by atoms with Crippen molar-refractivity contribution in [1.82, 2.24) is 4.98 Å². The van der Waals surface area contributed by atoms with Gasteiger partial charge in [0.1, 0.15) is 0 Å². The summed E-state index contributed by atoms with van der Waals surface area (Å²) in [7, 11) is 6.40. The SMILES string of the molecule is C[N+](C)(C)CCN.NC(=O)Cc1ccncc1.[B]. The fourth-order valence-electron chi connectivity index (χ4n) is 1.09. The van der Waals surface area contributed by atoms with E-state index >= 15 is 0 Å². The van der Waals surface area contributed by atoms with E-state index in [1.165, 1.54) is 0 Å². The quantitative estimate of drug-likeness (QED) is 0.552. The first kappa shape index (κ1) is 19.0. The molecule has 1 amide bonds. The molecule has 0 unspecified atom stereocenters. The van der Waals surface area contributed by atoms with Crippen LogP contribution in [0.1, 0.15) is 5.56 Å². The van der Waals surface area contributed by atoms with Crippen LogP contribution in [0, 0.1) is 0 Å². The van der Waals surface area contributed by atoms with Crippen molar-refractivity contribution in [2.45, 2.75) is 6.42 Å². The third-order valence-electron chi connectivity index (χ3n) is 1.93. The van der Waals surface area contributed by atoms with Crippen LogP contribution in [-0.2, 0) is 11.2 Å². The van der Waals surface area contributed by atoms with Crippen molar-refractivity contribution in [3.63, 3.8) is 0 Å². The monoisotopic (exact) mass is 250 g/mol. The van der Waals surface area contributed by atoms with Gasteiger partial charge in [0, 0.05) is 27.4 Å². The van der Waals surface area contributed by atoms with E-state index in [4.69, 9.17) is 11.5 Å². The van der Waals surface area contributed by atoms with Crippen molar-refractivity contribution in [1.29, 1.82) is 0 Å². The molecule has 0 aliphatic rings. The second-order valence-corrected chi connectivity index (χ2v) is 4.80. The predicted octanol–water partition coefficient (Wildman–Crippen LogP) is -0.620. The van der Waals surface area contributed by atoms with Crippen molar-refractivity contribution in [3.05, 3.63) is 30.1 Å². The Morgan fingerprint density at radius 3 is 2.06 bits per heavy atom. The second-order valence-electron chi connectivity index (χ2n) is 4.80. The van der Waals surface area contributed by atoms with Crippen LogP contribution in [-0.4, -0.2) is 58.0 Å². The maximum absolute atomic E-state index is 10.4. The predicted molar refractivity (Wildman–Crippen MR) is 74.8 cm³/mol. The largest absolute Gasteiger partial charge is 0.369 e. The van der Waals surface area contributed by atoms with Crippen molar-refractivity contribution in [2.75, 3.05) is 34.2 Å². The molecule has 1 rings (SSSR count). The Bertz CT molecular complexity index is 325. The molecule has 1 aromatic heterocycles. The number of primary amides is 1. The summed E-state index contributed by atoms with van der Waals surface area (Å²) in [5.41, 5.74) is 11.2. The second kappa shape index (κ2) is 9.62. The Labute approximate surface area is 111 Å². The van der Waals surface area contributed by atoms with Crippen molar-refractivity contribution >= 4 is 14.3 Å². The third kappa shape index (κ3) is 12.7. The summed E-state index contributed by atoms with van der Waals surface area (Å²) in [5.74, 6) is -0.314. The molecule has 5 nitrogen and oxygen atoms in total. The number of hydrogen-bond donors (Lipinski definition) is 2. The van der Waals surface area contributed by atoms with Crippen molar-refractivity contribution in [3.8, 4) is 0 Å². The minimum atomic E-state index is -0.314. The summed E-state index contributed by atoms with van der Waals surface area (Å²) in [6.45, 7) is 1.84. The first-order chi connectivity index (χ1) is 7.85. The average molecular weight is 250 g/mol. The Morgan fingerprint density at radius 2 is 1.78 bits per heavy atom. The minimum absolute atomic E-state index is 0. The van der Waals surface area contributed by atoms with Gasteiger partial charge in [0.25, 0.3) is 0 Å². The highest BCUT2D eigenvalue weighted by Crippen LogP contribution is 1.95. The van der Waals surface area contributed by atoms with Crippen LogP contribution in [0.5, 0.6) is 0 Å². The average Bonchev–Trinajstić information content (AvgIpc) is 2.17. The molecule has 99 valence electrons. The van der Waals surface area contributed by atoms with Crippen LogP contribution in [0.25, 0.3) is 0 Å². The lowest BCUT2D eigenvalue weighted by Crippen LogP contribution is -2.38. The van der Waals surface area contributed by atoms with E-state index in [9.17, 15) is 4.79 Å². The molecule has 4 N–H and O–H groups in total. The highest BCUT2D eigenvalue weighted by atomic mass is 16.1. The van der Waals surface area contributed by atoms with Crippen LogP contribution >= 0.6 is 0 Å². The van der Waals surface area contributed by atoms with E-state index in [-0.39, 0.29) is 14.3 Å². The van der Waals surface area contributed by atoms with Gasteiger partial charge in [-0.05, 0) is 17.7 Å². The molecule has 0 fully saturated rings. The maximum atomic E-state index is 10.4. The number of carbonyl (C=O) groups is 1. The van der Waals surface area contributed by atoms with Gasteiger partial charge in [-0.25, -0.2) is 0 Å². The number of pyridine rings is 1. The normalized spacial score (nSPS) is 9.78. The number of carbonyl (C=O) groups excluding carboxylic acids is 1. The number of hydrogen-bond acceptors (Lipinski definition) is 3. The van der Waals surface area contributed by atoms with Gasteiger partial charge >= 0.3 is 0 Å². The Hall–Kier alpha value is -1.40. The van der Waals surface area contributed by atoms with Gasteiger partial charge in [0.15, 0.2) is 0 Å². The smallest absolute Gasteiger partial charge is 0.221 e. The minimum Gasteiger partial charge on any atom is -0.369 e. The summed E-state index contributed by atoms with van der Waals surface area (Å²) in [6.07, 6.45) is 3.57. The molecule has 0 spiro atoms. The third-order valence-corrected chi connectivity index (χ3v) is 1.93. The molecular weight excluding hydrogens is 227 g/mol. The number of quaternary nitrogens is 1. The number of amides is 1. The van der Waals surface area contributed by atoms with Crippen molar-refractivity contribution < 1.29 is 9.28 Å². The van der Waals surface area contributed by atoms with Gasteiger partial charge in [0.05, 0.1) is 34.1 Å². The topological polar surface area (TPSA) is 82.0 Å². The summed E-state index contributed by atoms with van der Waals surface area (Å²) in [6, 6.07) is 3.54. The van der Waals surface area contributed by atoms with Crippen LogP contribution < -0.4 is 11.5 Å². The summed E-state index contributed by atoms with van der Waals surface area (Å²) in [5, 5.41) is 0. The molecule has 18 heavy (non-hydrogen) atoms. The highest BCUT2D eigenvalue weighted by molar-refractivity contribution is 5.76. The molecule has 0 aliphatic carbocycles. The van der Waals surface area contributed by atoms with E-state index < -0.39 is 0 Å². The van der Waals surface area contributed by atoms with Gasteiger partial charge in [-0.1, -0.05) is 0 Å². The van der Waals surface area contributed by atoms with Crippen LogP contribution in [0.2, 0.25) is 0 Å². The van der Waals surface area contributed by atoms with Gasteiger partial charge in [-0.2, -0.15) is 0 Å². The van der Waals surface area contributed by atoms with Gasteiger partial charge in [-0.3, -0.25) is 9.78 Å². The molecule has 0 saturated heterocycles. The molecule has 0 bridgehead atoms. The van der Waals surface area contributed by atoms with Crippen LogP contribution in [0.15, 0.2) is 24.5 Å². The zero-order valence-electron chi connectivity index (χ0n) is 11.5. The Balaban J connectivity index is 0. The first-order valence-electron chi connectivity index (χ1n) is 5.53. The summed E-state index contributed by atoms with van der Waals surface area (Å²) >= 11 is 0. The molecule has 0 aliphatic heterocycles. The van der Waals surface area contributed by atoms with Crippen LogP contribution in [0.4, 0.5) is 0 Å². The lowest BCUT2D eigenvalue weighted by atomic mass is 10.2. The molecule has 0 aromatic carbocycles. The molecular formula is C12H23BN4O+. The standard InChI is InChI=1S/C7H8N2O.C5H15N2.B/c8-7(10)5-6-1-3-9-4-2-6;1-7(2,3)5-4-6;/h1-4H,5H2,(H2,8,10);4-6H2,1-3H3;/q;+1;. The number of nitrogens with two attached hydrogens (primary N) is 2. The number of rotatable bonds is 4.